The molecule has 0 saturated heterocycles. The molecule has 0 atom stereocenters. The molecule has 0 spiro atoms. The molecule has 1 aromatic carbocycles. The average Bonchev–Trinajstić information content (AvgIpc) is 2.92. The molecule has 6 heteroatoms. The summed E-state index contributed by atoms with van der Waals surface area (Å²) in [4.78, 5) is 11.8. The van der Waals surface area contributed by atoms with Crippen LogP contribution in [0.2, 0.25) is 0 Å². The highest BCUT2D eigenvalue weighted by atomic mass is 19.3. The summed E-state index contributed by atoms with van der Waals surface area (Å²) < 4.78 is 30.8. The summed E-state index contributed by atoms with van der Waals surface area (Å²) in [7, 11) is 0. The predicted octanol–water partition coefficient (Wildman–Crippen LogP) is 3.90. The molecule has 4 nitrogen and oxygen atoms in total. The molecule has 0 amide bonds. The van der Waals surface area contributed by atoms with Gasteiger partial charge in [-0.3, -0.25) is 4.68 Å². The highest BCUT2D eigenvalue weighted by molar-refractivity contribution is 5.88. The largest absolute Gasteiger partial charge is 0.461 e. The van der Waals surface area contributed by atoms with Crippen LogP contribution in [-0.4, -0.2) is 22.4 Å². The minimum atomic E-state index is -1.72. The quantitative estimate of drug-likeness (QED) is 0.760. The second-order valence-electron chi connectivity index (χ2n) is 4.51. The number of esters is 1. The van der Waals surface area contributed by atoms with E-state index in [1.165, 1.54) is 0 Å². The summed E-state index contributed by atoms with van der Waals surface area (Å²) >= 11 is 0. The number of aryl methyl sites for hydroxylation is 1. The van der Waals surface area contributed by atoms with Crippen LogP contribution in [0.3, 0.4) is 0 Å². The number of benzene rings is 1. The van der Waals surface area contributed by atoms with E-state index in [9.17, 15) is 13.6 Å². The Balaban J connectivity index is 2.32. The minimum Gasteiger partial charge on any atom is -0.461 e. The molecule has 0 saturated carbocycles. The Morgan fingerprint density at radius 2 is 2.05 bits per heavy atom. The Kier molecular flexibility index (Phi) is 5.41. The maximum atomic E-state index is 12.2. The lowest BCUT2D eigenvalue weighted by Crippen LogP contribution is -2.07. The van der Waals surface area contributed by atoms with Crippen LogP contribution in [0.5, 0.6) is 0 Å². The van der Waals surface area contributed by atoms with Crippen molar-refractivity contribution < 1.29 is 18.3 Å². The Bertz CT molecular complexity index is 662. The van der Waals surface area contributed by atoms with Gasteiger partial charge in [-0.05, 0) is 31.1 Å². The number of carbonyl (C=O) groups excluding carboxylic acids is 1. The van der Waals surface area contributed by atoms with Gasteiger partial charge in [-0.2, -0.15) is 13.9 Å². The monoisotopic (exact) mass is 306 g/mol. The first-order valence-electron chi connectivity index (χ1n) is 6.93. The van der Waals surface area contributed by atoms with E-state index < -0.39 is 12.0 Å². The van der Waals surface area contributed by atoms with Crippen molar-refractivity contribution in [3.63, 3.8) is 0 Å². The molecule has 0 bridgehead atoms. The van der Waals surface area contributed by atoms with Gasteiger partial charge in [-0.15, -0.1) is 0 Å². The molecule has 2 rings (SSSR count). The molecule has 22 heavy (non-hydrogen) atoms. The van der Waals surface area contributed by atoms with E-state index in [1.807, 2.05) is 30.3 Å². The fraction of sp³-hybridized carbons (Fsp3) is 0.250. The topological polar surface area (TPSA) is 44.1 Å². The van der Waals surface area contributed by atoms with Crippen LogP contribution in [0.4, 0.5) is 8.78 Å². The molecular formula is C16H16F2N2O2. The Labute approximate surface area is 127 Å². The molecule has 1 heterocycles. The van der Waals surface area contributed by atoms with E-state index in [2.05, 4.69) is 5.10 Å². The van der Waals surface area contributed by atoms with Gasteiger partial charge < -0.3 is 4.74 Å². The number of carbonyl (C=O) groups is 1. The highest BCUT2D eigenvalue weighted by Gasteiger charge is 2.16. The third-order valence-corrected chi connectivity index (χ3v) is 2.97. The second-order valence-corrected chi connectivity index (χ2v) is 4.51. The lowest BCUT2D eigenvalue weighted by molar-refractivity contribution is 0.0518. The van der Waals surface area contributed by atoms with E-state index in [0.29, 0.717) is 5.69 Å². The maximum Gasteiger partial charge on any atom is 0.358 e. The predicted molar refractivity (Wildman–Crippen MR) is 78.5 cm³/mol. The highest BCUT2D eigenvalue weighted by Crippen LogP contribution is 2.21. The summed E-state index contributed by atoms with van der Waals surface area (Å²) in [6.45, 7) is 2.21. The second kappa shape index (κ2) is 7.49. The van der Waals surface area contributed by atoms with Crippen LogP contribution in [0.1, 0.15) is 23.8 Å². The van der Waals surface area contributed by atoms with E-state index in [4.69, 9.17) is 4.74 Å². The van der Waals surface area contributed by atoms with Crippen LogP contribution in [-0.2, 0) is 11.3 Å². The lowest BCUT2D eigenvalue weighted by Gasteiger charge is -2.05. The first-order valence-corrected chi connectivity index (χ1v) is 6.93. The van der Waals surface area contributed by atoms with Crippen molar-refractivity contribution in [2.75, 3.05) is 6.61 Å². The van der Waals surface area contributed by atoms with E-state index in [0.717, 1.165) is 11.6 Å². The number of ether oxygens (including phenoxy) is 1. The number of nitrogens with zero attached hydrogens (tertiary/aromatic N) is 2. The first-order chi connectivity index (χ1) is 10.6. The summed E-state index contributed by atoms with van der Waals surface area (Å²) in [5, 5.41) is 4.17. The molecule has 0 N–H and O–H groups in total. The van der Waals surface area contributed by atoms with Gasteiger partial charge in [0.15, 0.2) is 5.69 Å². The van der Waals surface area contributed by atoms with Crippen LogP contribution in [0.25, 0.3) is 11.3 Å². The van der Waals surface area contributed by atoms with Crippen molar-refractivity contribution >= 4 is 5.97 Å². The number of hydrogen-bond acceptors (Lipinski definition) is 3. The van der Waals surface area contributed by atoms with Crippen LogP contribution >= 0.6 is 0 Å². The van der Waals surface area contributed by atoms with Gasteiger partial charge in [0, 0.05) is 6.54 Å². The van der Waals surface area contributed by atoms with Crippen molar-refractivity contribution in [2.24, 2.45) is 0 Å². The smallest absolute Gasteiger partial charge is 0.358 e. The number of aromatic nitrogens is 2. The van der Waals surface area contributed by atoms with Gasteiger partial charge in [0.05, 0.1) is 12.3 Å². The molecular weight excluding hydrogens is 290 g/mol. The van der Waals surface area contributed by atoms with Crippen LogP contribution in [0, 0.1) is 0 Å². The summed E-state index contributed by atoms with van der Waals surface area (Å²) in [6.07, 6.45) is -0.758. The first kappa shape index (κ1) is 15.9. The van der Waals surface area contributed by atoms with Crippen molar-refractivity contribution in [1.29, 1.82) is 0 Å². The van der Waals surface area contributed by atoms with Crippen molar-refractivity contribution in [3.05, 3.63) is 54.2 Å². The zero-order valence-corrected chi connectivity index (χ0v) is 12.1. The zero-order chi connectivity index (χ0) is 15.9. The zero-order valence-electron chi connectivity index (χ0n) is 12.1. The van der Waals surface area contributed by atoms with Crippen molar-refractivity contribution in [1.82, 2.24) is 9.78 Å². The molecule has 0 aliphatic rings. The standard InChI is InChI=1S/C16H16F2N2O2/c1-2-22-16(21)13-11-14(12-7-4-3-5-8-12)20(19-13)10-6-9-15(17)18/h3-5,7-9,11H,2,6,10H2,1H3. The number of hydrogen-bond donors (Lipinski definition) is 0. The van der Waals surface area contributed by atoms with Gasteiger partial charge in [0.2, 0.25) is 0 Å². The lowest BCUT2D eigenvalue weighted by atomic mass is 10.1. The van der Waals surface area contributed by atoms with Crippen LogP contribution in [0.15, 0.2) is 48.6 Å². The molecule has 0 fully saturated rings. The fourth-order valence-electron chi connectivity index (χ4n) is 2.03. The minimum absolute atomic E-state index is 0.131. The summed E-state index contributed by atoms with van der Waals surface area (Å²) in [6, 6.07) is 10.9. The van der Waals surface area contributed by atoms with E-state index in [-0.39, 0.29) is 25.3 Å². The Morgan fingerprint density at radius 3 is 2.68 bits per heavy atom. The SMILES string of the molecule is CCOC(=O)c1cc(-c2ccccc2)n(CCC=C(F)F)n1. The van der Waals surface area contributed by atoms with Gasteiger partial charge >= 0.3 is 5.97 Å². The molecule has 116 valence electrons. The van der Waals surface area contributed by atoms with Crippen molar-refractivity contribution in [2.45, 2.75) is 19.9 Å². The van der Waals surface area contributed by atoms with E-state index in [1.54, 1.807) is 17.7 Å². The summed E-state index contributed by atoms with van der Waals surface area (Å²) in [5.74, 6) is -0.523. The van der Waals surface area contributed by atoms with E-state index >= 15 is 0 Å². The van der Waals surface area contributed by atoms with Crippen LogP contribution < -0.4 is 0 Å². The molecule has 0 unspecified atom stereocenters. The average molecular weight is 306 g/mol. The third kappa shape index (κ3) is 4.00. The number of halogens is 2. The molecule has 2 aromatic rings. The fourth-order valence-corrected chi connectivity index (χ4v) is 2.03. The van der Waals surface area contributed by atoms with Gasteiger partial charge in [-0.25, -0.2) is 4.79 Å². The van der Waals surface area contributed by atoms with Gasteiger partial charge in [0.1, 0.15) is 0 Å². The van der Waals surface area contributed by atoms with Crippen molar-refractivity contribution in [3.8, 4) is 11.3 Å². The van der Waals surface area contributed by atoms with Gasteiger partial charge in [-0.1, -0.05) is 30.3 Å². The summed E-state index contributed by atoms with van der Waals surface area (Å²) in [5.41, 5.74) is 1.72. The molecule has 0 aliphatic carbocycles. The maximum absolute atomic E-state index is 12.2. The molecule has 0 radical (unpaired) electrons. The Hall–Kier alpha value is -2.50. The Morgan fingerprint density at radius 1 is 1.32 bits per heavy atom. The number of rotatable bonds is 6. The number of allylic oxidation sites excluding steroid dienone is 1. The van der Waals surface area contributed by atoms with Gasteiger partial charge in [0.25, 0.3) is 6.08 Å². The molecule has 0 aliphatic heterocycles. The molecule has 1 aromatic heterocycles. The third-order valence-electron chi connectivity index (χ3n) is 2.97. The normalized spacial score (nSPS) is 10.3.